The average Bonchev–Trinajstić information content (AvgIpc) is 2.90. The Hall–Kier alpha value is -1.43. The van der Waals surface area contributed by atoms with E-state index in [1.807, 2.05) is 30.3 Å². The number of hydrogen-bond donors (Lipinski definition) is 0. The van der Waals surface area contributed by atoms with Crippen LogP contribution in [-0.2, 0) is 43.1 Å². The van der Waals surface area contributed by atoms with Crippen LogP contribution in [0.5, 0.6) is 0 Å². The zero-order valence-electron chi connectivity index (χ0n) is 14.4. The van der Waals surface area contributed by atoms with Crippen molar-refractivity contribution in [3.05, 3.63) is 22.8 Å². The molecule has 0 spiro atoms. The first kappa shape index (κ1) is 26.6. The zero-order chi connectivity index (χ0) is 22.2. The SMILES string of the molecule is COCCOCCn1cc[n+](C)c1.O=S(=O)([N-]S(=O)(=O)C(F)(F)F)C(F)(F)F. The number of ether oxygens (including phenoxy) is 2. The van der Waals surface area contributed by atoms with Gasteiger partial charge in [-0.1, -0.05) is 0 Å². The first-order valence-corrected chi connectivity index (χ1v) is 9.86. The van der Waals surface area contributed by atoms with E-state index in [4.69, 9.17) is 9.47 Å². The van der Waals surface area contributed by atoms with Crippen LogP contribution in [0.25, 0.3) is 4.13 Å². The highest BCUT2D eigenvalue weighted by Crippen LogP contribution is 2.36. The van der Waals surface area contributed by atoms with Crippen LogP contribution in [0.3, 0.4) is 0 Å². The predicted molar refractivity (Wildman–Crippen MR) is 81.6 cm³/mol. The van der Waals surface area contributed by atoms with E-state index in [-0.39, 0.29) is 0 Å². The number of alkyl halides is 6. The lowest BCUT2D eigenvalue weighted by molar-refractivity contribution is -0.671. The quantitative estimate of drug-likeness (QED) is 0.322. The van der Waals surface area contributed by atoms with Crippen LogP contribution in [0.4, 0.5) is 26.3 Å². The molecule has 0 unspecified atom stereocenters. The van der Waals surface area contributed by atoms with Gasteiger partial charge in [-0.2, -0.15) is 26.3 Å². The lowest BCUT2D eigenvalue weighted by Crippen LogP contribution is -2.30. The fraction of sp³-hybridized carbons (Fsp3) is 0.727. The van der Waals surface area contributed by atoms with Crippen molar-refractivity contribution in [2.24, 2.45) is 7.05 Å². The fourth-order valence-electron chi connectivity index (χ4n) is 1.26. The van der Waals surface area contributed by atoms with Crippen molar-refractivity contribution in [2.45, 2.75) is 17.6 Å². The fourth-order valence-corrected chi connectivity index (χ4v) is 2.97. The molecule has 1 aromatic rings. The van der Waals surface area contributed by atoms with Crippen LogP contribution in [0.15, 0.2) is 18.7 Å². The lowest BCUT2D eigenvalue weighted by Gasteiger charge is -2.22. The van der Waals surface area contributed by atoms with E-state index in [0.717, 1.165) is 17.3 Å². The number of nitrogens with zero attached hydrogens (tertiary/aromatic N) is 3. The summed E-state index contributed by atoms with van der Waals surface area (Å²) in [6, 6.07) is 0. The Balaban J connectivity index is 0.000000525. The molecule has 0 saturated heterocycles. The van der Waals surface area contributed by atoms with Crippen LogP contribution in [0.1, 0.15) is 0 Å². The smallest absolute Gasteiger partial charge is 0.421 e. The second-order valence-corrected chi connectivity index (χ2v) is 8.26. The number of aryl methyl sites for hydroxylation is 1. The van der Waals surface area contributed by atoms with Gasteiger partial charge in [0.05, 0.1) is 26.9 Å². The second-order valence-electron chi connectivity index (χ2n) is 4.84. The normalized spacial score (nSPS) is 13.1. The second kappa shape index (κ2) is 10.4. The molecule has 1 rings (SSSR count). The summed E-state index contributed by atoms with van der Waals surface area (Å²) < 4.78 is 123. The summed E-state index contributed by atoms with van der Waals surface area (Å²) in [5, 5.41) is 0. The molecule has 1 aromatic heterocycles. The van der Waals surface area contributed by atoms with E-state index >= 15 is 0 Å². The number of imidazole rings is 1. The summed E-state index contributed by atoms with van der Waals surface area (Å²) in [6.07, 6.45) is 6.06. The topological polar surface area (TPSA) is 110 Å². The van der Waals surface area contributed by atoms with Gasteiger partial charge in [0.15, 0.2) is 20.0 Å². The van der Waals surface area contributed by atoms with Gasteiger partial charge in [0.1, 0.15) is 18.9 Å². The van der Waals surface area contributed by atoms with E-state index in [1.165, 1.54) is 0 Å². The minimum absolute atomic E-state index is 0.666. The van der Waals surface area contributed by atoms with Gasteiger partial charge < -0.3 is 13.6 Å². The molecule has 0 aliphatic heterocycles. The van der Waals surface area contributed by atoms with Crippen molar-refractivity contribution < 1.29 is 57.2 Å². The predicted octanol–water partition coefficient (Wildman–Crippen LogP) is 1.03. The molecule has 0 atom stereocenters. The monoisotopic (exact) mass is 465 g/mol. The molecule has 0 saturated carbocycles. The Labute approximate surface area is 156 Å². The molecule has 0 aliphatic carbocycles. The molecule has 0 aromatic carbocycles. The Morgan fingerprint density at radius 2 is 1.46 bits per heavy atom. The molecule has 166 valence electrons. The van der Waals surface area contributed by atoms with Crippen LogP contribution in [0, 0.1) is 0 Å². The van der Waals surface area contributed by atoms with Crippen LogP contribution >= 0.6 is 0 Å². The summed E-state index contributed by atoms with van der Waals surface area (Å²) in [7, 11) is -9.76. The average molecular weight is 465 g/mol. The maximum atomic E-state index is 11.4. The third kappa shape index (κ3) is 9.18. The molecule has 0 aliphatic rings. The molecule has 17 heteroatoms. The number of halogens is 6. The first-order chi connectivity index (χ1) is 12.5. The summed E-state index contributed by atoms with van der Waals surface area (Å²) in [5.74, 6) is 0. The van der Waals surface area contributed by atoms with Crippen molar-refractivity contribution in [1.29, 1.82) is 0 Å². The Bertz CT molecular complexity index is 762. The molecule has 0 fully saturated rings. The highest BCUT2D eigenvalue weighted by molar-refractivity contribution is 8.13. The van der Waals surface area contributed by atoms with E-state index in [0.29, 0.717) is 13.2 Å². The number of rotatable bonds is 8. The zero-order valence-corrected chi connectivity index (χ0v) is 16.1. The molecule has 1 heterocycles. The van der Waals surface area contributed by atoms with Gasteiger partial charge in [0.2, 0.25) is 6.33 Å². The van der Waals surface area contributed by atoms with Crippen molar-refractivity contribution in [3.63, 3.8) is 0 Å². The molecule has 9 nitrogen and oxygen atoms in total. The number of aromatic nitrogens is 2. The Morgan fingerprint density at radius 1 is 0.964 bits per heavy atom. The van der Waals surface area contributed by atoms with Gasteiger partial charge >= 0.3 is 11.0 Å². The van der Waals surface area contributed by atoms with Gasteiger partial charge in [0.25, 0.3) is 0 Å². The number of sulfonamides is 2. The largest absolute Gasteiger partial charge is 0.480 e. The molecule has 0 bridgehead atoms. The van der Waals surface area contributed by atoms with E-state index in [2.05, 4.69) is 4.57 Å². The van der Waals surface area contributed by atoms with Crippen molar-refractivity contribution >= 4 is 20.0 Å². The number of hydrogen-bond acceptors (Lipinski definition) is 6. The Kier molecular flexibility index (Phi) is 9.85. The van der Waals surface area contributed by atoms with Gasteiger partial charge in [-0.15, -0.1) is 0 Å². The molecular formula is C11H17F6N3O6S2. The van der Waals surface area contributed by atoms with Gasteiger partial charge in [0, 0.05) is 7.11 Å². The Morgan fingerprint density at radius 3 is 1.82 bits per heavy atom. The van der Waals surface area contributed by atoms with E-state index in [1.54, 1.807) is 7.11 Å². The van der Waals surface area contributed by atoms with Crippen molar-refractivity contribution in [1.82, 2.24) is 4.57 Å². The summed E-state index contributed by atoms with van der Waals surface area (Å²) in [6.45, 7) is 2.96. The van der Waals surface area contributed by atoms with E-state index < -0.39 is 31.1 Å². The maximum absolute atomic E-state index is 11.4. The first-order valence-electron chi connectivity index (χ1n) is 6.98. The van der Waals surface area contributed by atoms with Gasteiger partial charge in [-0.05, 0) is 0 Å². The van der Waals surface area contributed by atoms with Gasteiger partial charge in [-0.3, -0.25) is 0 Å². The molecule has 28 heavy (non-hydrogen) atoms. The van der Waals surface area contributed by atoms with Crippen molar-refractivity contribution in [2.75, 3.05) is 26.9 Å². The lowest BCUT2D eigenvalue weighted by atomic mass is 10.6. The summed E-state index contributed by atoms with van der Waals surface area (Å²) >= 11 is 0. The van der Waals surface area contributed by atoms with Crippen LogP contribution < -0.4 is 4.57 Å². The minimum atomic E-state index is -6.72. The molecule has 0 radical (unpaired) electrons. The highest BCUT2D eigenvalue weighted by Gasteiger charge is 2.46. The summed E-state index contributed by atoms with van der Waals surface area (Å²) in [4.78, 5) is 0. The maximum Gasteiger partial charge on any atom is 0.480 e. The summed E-state index contributed by atoms with van der Waals surface area (Å²) in [5.41, 5.74) is -12.4. The third-order valence-corrected chi connectivity index (χ3v) is 5.27. The molecular weight excluding hydrogens is 448 g/mol. The molecule has 0 N–H and O–H groups in total. The van der Waals surface area contributed by atoms with Gasteiger partial charge in [-0.25, -0.2) is 26.0 Å². The van der Waals surface area contributed by atoms with E-state index in [9.17, 15) is 43.2 Å². The standard InChI is InChI=1S/C9H17N2O2.C2F6NO4S2/c1-10-3-4-11(9-10)5-6-13-8-7-12-2;3-1(4,5)14(10,11)9-15(12,13)2(6,7)8/h3-4,9H,5-8H2,1-2H3;/q+1;-1. The molecule has 0 amide bonds. The van der Waals surface area contributed by atoms with Crippen molar-refractivity contribution in [3.8, 4) is 0 Å². The van der Waals surface area contributed by atoms with Crippen LogP contribution in [0.2, 0.25) is 0 Å². The third-order valence-electron chi connectivity index (χ3n) is 2.53. The van der Waals surface area contributed by atoms with Crippen LogP contribution in [-0.4, -0.2) is 59.3 Å². The minimum Gasteiger partial charge on any atom is -0.421 e. The number of methoxy groups -OCH3 is 1. The highest BCUT2D eigenvalue weighted by atomic mass is 32.3.